The summed E-state index contributed by atoms with van der Waals surface area (Å²) in [5.41, 5.74) is 4.36. The van der Waals surface area contributed by atoms with E-state index < -0.39 is 17.6 Å². The van der Waals surface area contributed by atoms with E-state index in [0.717, 1.165) is 39.3 Å². The van der Waals surface area contributed by atoms with Crippen LogP contribution in [0.1, 0.15) is 41.7 Å². The molecule has 0 aliphatic carbocycles. The lowest BCUT2D eigenvalue weighted by atomic mass is 9.96. The standard InChI is InChI=1S/C36H35ClN2O7/c1-22-26(8-5-9-28(22)25-10-11-30-33(16-25)44-13-12-43-30)21-46-32-17-31(45-20-24-7-4-6-23(14-24)18-38)27(15-29(32)37)19-39-34(35(40)41)36(2,3)42/h4-11,14-17,34,39,42H,12-13,19-21H2,1-3H3,(H,40,41). The van der Waals surface area contributed by atoms with Crippen LogP contribution in [0, 0.1) is 18.3 Å². The number of nitrogens with one attached hydrogen (secondary N) is 1. The molecule has 4 aromatic rings. The molecule has 10 heteroatoms. The lowest BCUT2D eigenvalue weighted by molar-refractivity contribution is -0.145. The van der Waals surface area contributed by atoms with Gasteiger partial charge < -0.3 is 29.2 Å². The molecule has 0 saturated heterocycles. The zero-order chi connectivity index (χ0) is 32.8. The monoisotopic (exact) mass is 642 g/mol. The Morgan fingerprint density at radius 3 is 2.46 bits per heavy atom. The van der Waals surface area contributed by atoms with Gasteiger partial charge in [0.1, 0.15) is 44.0 Å². The van der Waals surface area contributed by atoms with Crippen LogP contribution in [0.2, 0.25) is 5.02 Å². The molecule has 4 aromatic carbocycles. The maximum Gasteiger partial charge on any atom is 0.323 e. The number of fused-ring (bicyclic) bond motifs is 1. The predicted molar refractivity (Wildman–Crippen MR) is 173 cm³/mol. The Balaban J connectivity index is 1.39. The van der Waals surface area contributed by atoms with Gasteiger partial charge in [-0.2, -0.15) is 5.26 Å². The summed E-state index contributed by atoms with van der Waals surface area (Å²) in [6.07, 6.45) is 0. The molecule has 1 aliphatic heterocycles. The first-order valence-corrected chi connectivity index (χ1v) is 15.2. The van der Waals surface area contributed by atoms with Gasteiger partial charge in [-0.05, 0) is 78.9 Å². The number of rotatable bonds is 12. The number of aliphatic hydroxyl groups is 1. The summed E-state index contributed by atoms with van der Waals surface area (Å²) < 4.78 is 23.9. The Kier molecular flexibility index (Phi) is 10.0. The SMILES string of the molecule is Cc1c(COc2cc(OCc3cccc(C#N)c3)c(CNC(C(=O)O)C(C)(C)O)cc2Cl)cccc1-c1ccc2c(c1)OCCO2. The fraction of sp³-hybridized carbons (Fsp3) is 0.278. The van der Waals surface area contributed by atoms with Crippen LogP contribution < -0.4 is 24.3 Å². The Labute approximate surface area is 272 Å². The van der Waals surface area contributed by atoms with Crippen molar-refractivity contribution in [2.75, 3.05) is 13.2 Å². The number of benzene rings is 4. The van der Waals surface area contributed by atoms with Gasteiger partial charge in [-0.25, -0.2) is 0 Å². The van der Waals surface area contributed by atoms with E-state index in [2.05, 4.69) is 11.4 Å². The average molecular weight is 643 g/mol. The topological polar surface area (TPSA) is 130 Å². The molecule has 0 fully saturated rings. The van der Waals surface area contributed by atoms with E-state index in [-0.39, 0.29) is 19.8 Å². The second kappa shape index (κ2) is 14.1. The van der Waals surface area contributed by atoms with Gasteiger partial charge in [0, 0.05) is 18.2 Å². The van der Waals surface area contributed by atoms with Gasteiger partial charge in [0.15, 0.2) is 11.5 Å². The summed E-state index contributed by atoms with van der Waals surface area (Å²) in [7, 11) is 0. The highest BCUT2D eigenvalue weighted by Crippen LogP contribution is 2.37. The zero-order valence-corrected chi connectivity index (χ0v) is 26.6. The summed E-state index contributed by atoms with van der Waals surface area (Å²) in [6, 6.07) is 23.2. The lowest BCUT2D eigenvalue weighted by Crippen LogP contribution is -2.51. The zero-order valence-electron chi connectivity index (χ0n) is 25.8. The summed E-state index contributed by atoms with van der Waals surface area (Å²) in [5, 5.41) is 32.5. The van der Waals surface area contributed by atoms with E-state index in [4.69, 9.17) is 30.5 Å². The van der Waals surface area contributed by atoms with Crippen molar-refractivity contribution < 1.29 is 34.0 Å². The van der Waals surface area contributed by atoms with Gasteiger partial charge in [-0.3, -0.25) is 10.1 Å². The van der Waals surface area contributed by atoms with E-state index in [1.807, 2.05) is 49.4 Å². The number of hydrogen-bond donors (Lipinski definition) is 3. The highest BCUT2D eigenvalue weighted by molar-refractivity contribution is 6.32. The molecule has 1 unspecified atom stereocenters. The minimum atomic E-state index is -1.52. The van der Waals surface area contributed by atoms with Crippen molar-refractivity contribution in [3.63, 3.8) is 0 Å². The third-order valence-corrected chi connectivity index (χ3v) is 7.99. The van der Waals surface area contributed by atoms with Crippen LogP contribution >= 0.6 is 11.6 Å². The number of halogens is 1. The van der Waals surface area contributed by atoms with Crippen molar-refractivity contribution in [2.45, 2.75) is 52.2 Å². The summed E-state index contributed by atoms with van der Waals surface area (Å²) in [6.45, 7) is 6.34. The van der Waals surface area contributed by atoms with Gasteiger partial charge in [0.05, 0.1) is 22.3 Å². The molecule has 5 rings (SSSR count). The van der Waals surface area contributed by atoms with E-state index in [1.165, 1.54) is 13.8 Å². The maximum absolute atomic E-state index is 11.8. The smallest absolute Gasteiger partial charge is 0.323 e. The van der Waals surface area contributed by atoms with Crippen LogP contribution in [-0.4, -0.2) is 41.0 Å². The van der Waals surface area contributed by atoms with Crippen molar-refractivity contribution >= 4 is 17.6 Å². The fourth-order valence-electron chi connectivity index (χ4n) is 5.22. The molecule has 0 aromatic heterocycles. The Hall–Kier alpha value is -4.75. The first-order valence-electron chi connectivity index (χ1n) is 14.8. The molecular weight excluding hydrogens is 608 g/mol. The van der Waals surface area contributed by atoms with Gasteiger partial charge in [-0.1, -0.05) is 48.0 Å². The molecule has 9 nitrogen and oxygen atoms in total. The average Bonchev–Trinajstić information content (AvgIpc) is 3.03. The number of aliphatic carboxylic acids is 1. The number of carbonyl (C=O) groups is 1. The third-order valence-electron chi connectivity index (χ3n) is 7.70. The van der Waals surface area contributed by atoms with Crippen molar-refractivity contribution in [1.29, 1.82) is 5.26 Å². The normalized spacial score (nSPS) is 13.0. The Morgan fingerprint density at radius 2 is 1.72 bits per heavy atom. The summed E-state index contributed by atoms with van der Waals surface area (Å²) >= 11 is 6.69. The van der Waals surface area contributed by atoms with E-state index in [9.17, 15) is 20.3 Å². The molecule has 0 amide bonds. The number of ether oxygens (including phenoxy) is 4. The van der Waals surface area contributed by atoms with Crippen LogP contribution in [0.5, 0.6) is 23.0 Å². The van der Waals surface area contributed by atoms with Gasteiger partial charge in [-0.15, -0.1) is 0 Å². The largest absolute Gasteiger partial charge is 0.488 e. The molecule has 0 radical (unpaired) electrons. The number of nitriles is 1. The van der Waals surface area contributed by atoms with Crippen molar-refractivity contribution in [1.82, 2.24) is 5.32 Å². The highest BCUT2D eigenvalue weighted by Gasteiger charge is 2.33. The second-order valence-corrected chi connectivity index (χ2v) is 11.9. The third kappa shape index (κ3) is 7.72. The quantitative estimate of drug-likeness (QED) is 0.160. The van der Waals surface area contributed by atoms with Crippen molar-refractivity contribution in [3.8, 4) is 40.2 Å². The lowest BCUT2D eigenvalue weighted by Gasteiger charge is -2.27. The summed E-state index contributed by atoms with van der Waals surface area (Å²) in [5.74, 6) is 1.05. The number of hydrogen-bond acceptors (Lipinski definition) is 8. The van der Waals surface area contributed by atoms with E-state index in [0.29, 0.717) is 40.9 Å². The molecular formula is C36H35ClN2O7. The highest BCUT2D eigenvalue weighted by atomic mass is 35.5. The van der Waals surface area contributed by atoms with Gasteiger partial charge in [0.25, 0.3) is 0 Å². The summed E-state index contributed by atoms with van der Waals surface area (Å²) in [4.78, 5) is 11.8. The first-order chi connectivity index (χ1) is 22.0. The number of carboxylic acid groups (broad SMARTS) is 1. The molecule has 0 spiro atoms. The van der Waals surface area contributed by atoms with Crippen LogP contribution in [-0.2, 0) is 24.6 Å². The maximum atomic E-state index is 11.8. The molecule has 3 N–H and O–H groups in total. The molecule has 1 atom stereocenters. The minimum absolute atomic E-state index is 0.0468. The van der Waals surface area contributed by atoms with Gasteiger partial charge >= 0.3 is 5.97 Å². The molecule has 1 aliphatic rings. The molecule has 46 heavy (non-hydrogen) atoms. The van der Waals surface area contributed by atoms with E-state index >= 15 is 0 Å². The van der Waals surface area contributed by atoms with Gasteiger partial charge in [0.2, 0.25) is 0 Å². The Bertz CT molecular complexity index is 1780. The second-order valence-electron chi connectivity index (χ2n) is 11.5. The first kappa shape index (κ1) is 32.6. The number of carboxylic acids is 1. The van der Waals surface area contributed by atoms with Crippen LogP contribution in [0.25, 0.3) is 11.1 Å². The molecule has 0 bridgehead atoms. The van der Waals surface area contributed by atoms with Crippen LogP contribution in [0.3, 0.4) is 0 Å². The fourth-order valence-corrected chi connectivity index (χ4v) is 5.46. The van der Waals surface area contributed by atoms with Crippen LogP contribution in [0.4, 0.5) is 0 Å². The minimum Gasteiger partial charge on any atom is -0.488 e. The van der Waals surface area contributed by atoms with E-state index in [1.54, 1.807) is 30.3 Å². The molecule has 0 saturated carbocycles. The predicted octanol–water partition coefficient (Wildman–Crippen LogP) is 6.43. The van der Waals surface area contributed by atoms with Crippen molar-refractivity contribution in [3.05, 3.63) is 106 Å². The Morgan fingerprint density at radius 1 is 0.978 bits per heavy atom. The van der Waals surface area contributed by atoms with Crippen LogP contribution in [0.15, 0.2) is 72.8 Å². The molecule has 1 heterocycles. The van der Waals surface area contributed by atoms with Crippen molar-refractivity contribution in [2.24, 2.45) is 0 Å². The number of nitrogens with zero attached hydrogens (tertiary/aromatic N) is 1. The molecule has 238 valence electrons.